The summed E-state index contributed by atoms with van der Waals surface area (Å²) >= 11 is 1.90. The molecule has 2 nitrogen and oxygen atoms in total. The first-order chi connectivity index (χ1) is 8.21. The molecule has 0 spiro atoms. The summed E-state index contributed by atoms with van der Waals surface area (Å²) in [6.07, 6.45) is 1.16. The van der Waals surface area contributed by atoms with Gasteiger partial charge in [0.25, 0.3) is 0 Å². The Balaban J connectivity index is 2.62. The van der Waals surface area contributed by atoms with Crippen molar-refractivity contribution in [3.05, 3.63) is 24.3 Å². The Kier molecular flexibility index (Phi) is 6.45. The zero-order valence-corrected chi connectivity index (χ0v) is 12.0. The molecule has 0 heterocycles. The highest BCUT2D eigenvalue weighted by molar-refractivity contribution is 8.00. The van der Waals surface area contributed by atoms with Crippen molar-refractivity contribution in [2.75, 3.05) is 13.7 Å². The van der Waals surface area contributed by atoms with Gasteiger partial charge in [-0.05, 0) is 31.2 Å². The van der Waals surface area contributed by atoms with Gasteiger partial charge in [0.1, 0.15) is 5.75 Å². The molecule has 0 fully saturated rings. The lowest BCUT2D eigenvalue weighted by atomic mass is 10.2. The van der Waals surface area contributed by atoms with Gasteiger partial charge >= 0.3 is 0 Å². The molecular weight excluding hydrogens is 230 g/mol. The third-order valence-corrected chi connectivity index (χ3v) is 4.06. The van der Waals surface area contributed by atoms with Crippen LogP contribution < -0.4 is 10.1 Å². The minimum atomic E-state index is 0.562. The molecule has 96 valence electrons. The number of hydrogen-bond acceptors (Lipinski definition) is 3. The van der Waals surface area contributed by atoms with Crippen molar-refractivity contribution in [2.24, 2.45) is 0 Å². The largest absolute Gasteiger partial charge is 0.497 e. The summed E-state index contributed by atoms with van der Waals surface area (Å²) in [7, 11) is 1.71. The summed E-state index contributed by atoms with van der Waals surface area (Å²) < 4.78 is 5.24. The highest BCUT2D eigenvalue weighted by atomic mass is 32.2. The van der Waals surface area contributed by atoms with Crippen LogP contribution in [0.25, 0.3) is 0 Å². The Hall–Kier alpha value is -0.670. The van der Waals surface area contributed by atoms with Gasteiger partial charge in [-0.15, -0.1) is 11.8 Å². The van der Waals surface area contributed by atoms with Crippen LogP contribution in [0.4, 0.5) is 0 Å². The first-order valence-corrected chi connectivity index (χ1v) is 7.13. The summed E-state index contributed by atoms with van der Waals surface area (Å²) in [6, 6.07) is 8.83. The number of nitrogens with one attached hydrogen (secondary N) is 1. The van der Waals surface area contributed by atoms with Crippen LogP contribution in [0.15, 0.2) is 29.2 Å². The van der Waals surface area contributed by atoms with Crippen LogP contribution in [0, 0.1) is 0 Å². The summed E-state index contributed by atoms with van der Waals surface area (Å²) in [6.45, 7) is 7.70. The molecule has 1 aromatic rings. The molecule has 0 bridgehead atoms. The van der Waals surface area contributed by atoms with E-state index in [0.717, 1.165) is 18.7 Å². The SMILES string of the molecule is CCNC(CC)C(C)Sc1cccc(OC)c1. The first kappa shape index (κ1) is 14.4. The smallest absolute Gasteiger partial charge is 0.119 e. The van der Waals surface area contributed by atoms with Crippen molar-refractivity contribution in [1.82, 2.24) is 5.32 Å². The third-order valence-electron chi connectivity index (χ3n) is 2.84. The van der Waals surface area contributed by atoms with E-state index in [9.17, 15) is 0 Å². The van der Waals surface area contributed by atoms with E-state index < -0.39 is 0 Å². The van der Waals surface area contributed by atoms with Crippen molar-refractivity contribution >= 4 is 11.8 Å². The molecule has 0 saturated heterocycles. The van der Waals surface area contributed by atoms with Crippen LogP contribution >= 0.6 is 11.8 Å². The van der Waals surface area contributed by atoms with Crippen molar-refractivity contribution in [1.29, 1.82) is 0 Å². The lowest BCUT2D eigenvalue weighted by Crippen LogP contribution is -2.35. The summed E-state index contributed by atoms with van der Waals surface area (Å²) in [4.78, 5) is 1.27. The van der Waals surface area contributed by atoms with Crippen LogP contribution in [-0.4, -0.2) is 24.9 Å². The average Bonchev–Trinajstić information content (AvgIpc) is 2.36. The molecule has 0 saturated carbocycles. The number of hydrogen-bond donors (Lipinski definition) is 1. The van der Waals surface area contributed by atoms with Gasteiger partial charge in [0.2, 0.25) is 0 Å². The van der Waals surface area contributed by atoms with E-state index in [2.05, 4.69) is 38.2 Å². The lowest BCUT2D eigenvalue weighted by molar-refractivity contribution is 0.413. The Morgan fingerprint density at radius 2 is 2.12 bits per heavy atom. The molecule has 0 radical (unpaired) electrons. The number of ether oxygens (including phenoxy) is 1. The van der Waals surface area contributed by atoms with Crippen molar-refractivity contribution in [3.63, 3.8) is 0 Å². The predicted molar refractivity (Wildman–Crippen MR) is 76.1 cm³/mol. The minimum Gasteiger partial charge on any atom is -0.497 e. The third kappa shape index (κ3) is 4.60. The Morgan fingerprint density at radius 3 is 2.71 bits per heavy atom. The second kappa shape index (κ2) is 7.62. The molecule has 0 aliphatic rings. The zero-order valence-electron chi connectivity index (χ0n) is 11.2. The molecule has 2 unspecified atom stereocenters. The molecule has 3 heteroatoms. The van der Waals surface area contributed by atoms with Gasteiger partial charge in [-0.3, -0.25) is 0 Å². The monoisotopic (exact) mass is 253 g/mol. The van der Waals surface area contributed by atoms with Gasteiger partial charge in [0.05, 0.1) is 7.11 Å². The Morgan fingerprint density at radius 1 is 1.35 bits per heavy atom. The zero-order chi connectivity index (χ0) is 12.7. The van der Waals surface area contributed by atoms with E-state index in [0.29, 0.717) is 11.3 Å². The van der Waals surface area contributed by atoms with Gasteiger partial charge in [-0.25, -0.2) is 0 Å². The van der Waals surface area contributed by atoms with E-state index in [1.165, 1.54) is 4.90 Å². The van der Waals surface area contributed by atoms with E-state index in [4.69, 9.17) is 4.74 Å². The molecule has 1 aromatic carbocycles. The fraction of sp³-hybridized carbons (Fsp3) is 0.571. The van der Waals surface area contributed by atoms with Crippen LogP contribution in [0.2, 0.25) is 0 Å². The van der Waals surface area contributed by atoms with Gasteiger partial charge < -0.3 is 10.1 Å². The molecule has 1 N–H and O–H groups in total. The number of thioether (sulfide) groups is 1. The number of benzene rings is 1. The van der Waals surface area contributed by atoms with Crippen LogP contribution in [0.3, 0.4) is 0 Å². The molecule has 1 rings (SSSR count). The number of rotatable bonds is 7. The van der Waals surface area contributed by atoms with E-state index in [-0.39, 0.29) is 0 Å². The quantitative estimate of drug-likeness (QED) is 0.751. The fourth-order valence-electron chi connectivity index (χ4n) is 1.88. The average molecular weight is 253 g/mol. The summed E-state index contributed by atoms with van der Waals surface area (Å²) in [5.41, 5.74) is 0. The second-order valence-corrected chi connectivity index (χ2v) is 5.53. The van der Waals surface area contributed by atoms with E-state index in [1.54, 1.807) is 7.11 Å². The summed E-state index contributed by atoms with van der Waals surface area (Å²) in [5.74, 6) is 0.929. The molecule has 0 aliphatic carbocycles. The molecule has 0 amide bonds. The van der Waals surface area contributed by atoms with Crippen LogP contribution in [0.1, 0.15) is 27.2 Å². The lowest BCUT2D eigenvalue weighted by Gasteiger charge is -2.23. The maximum absolute atomic E-state index is 5.24. The van der Waals surface area contributed by atoms with Crippen LogP contribution in [0.5, 0.6) is 5.75 Å². The maximum atomic E-state index is 5.24. The first-order valence-electron chi connectivity index (χ1n) is 6.25. The van der Waals surface area contributed by atoms with E-state index in [1.807, 2.05) is 23.9 Å². The topological polar surface area (TPSA) is 21.3 Å². The standard InChI is InChI=1S/C14H23NOS/c1-5-14(15-6-2)11(3)17-13-9-7-8-12(10-13)16-4/h7-11,14-15H,5-6H2,1-4H3. The highest BCUT2D eigenvalue weighted by Crippen LogP contribution is 2.28. The highest BCUT2D eigenvalue weighted by Gasteiger charge is 2.15. The van der Waals surface area contributed by atoms with Crippen molar-refractivity contribution in [2.45, 2.75) is 43.4 Å². The normalized spacial score (nSPS) is 14.4. The van der Waals surface area contributed by atoms with Crippen LogP contribution in [-0.2, 0) is 0 Å². The van der Waals surface area contributed by atoms with Gasteiger partial charge in [-0.1, -0.05) is 26.8 Å². The van der Waals surface area contributed by atoms with Crippen molar-refractivity contribution in [3.8, 4) is 5.75 Å². The maximum Gasteiger partial charge on any atom is 0.119 e. The van der Waals surface area contributed by atoms with E-state index >= 15 is 0 Å². The fourth-order valence-corrected chi connectivity index (χ4v) is 3.10. The molecule has 0 aliphatic heterocycles. The Bertz CT molecular complexity index is 330. The molecule has 2 atom stereocenters. The molecule has 17 heavy (non-hydrogen) atoms. The van der Waals surface area contributed by atoms with Gasteiger partial charge in [0, 0.05) is 16.2 Å². The Labute approximate surface area is 109 Å². The summed E-state index contributed by atoms with van der Waals surface area (Å²) in [5, 5.41) is 4.09. The van der Waals surface area contributed by atoms with Crippen molar-refractivity contribution < 1.29 is 4.74 Å². The molecule has 0 aromatic heterocycles. The van der Waals surface area contributed by atoms with Gasteiger partial charge in [0.15, 0.2) is 0 Å². The molecular formula is C14H23NOS. The minimum absolute atomic E-state index is 0.562. The number of methoxy groups -OCH3 is 1. The predicted octanol–water partition coefficient (Wildman–Crippen LogP) is 3.56. The second-order valence-electron chi connectivity index (χ2n) is 4.07. The van der Waals surface area contributed by atoms with Gasteiger partial charge in [-0.2, -0.15) is 0 Å².